The highest BCUT2D eigenvalue weighted by Gasteiger charge is 2.28. The molecule has 2 aromatic heterocycles. The lowest BCUT2D eigenvalue weighted by Crippen LogP contribution is -2.27. The van der Waals surface area contributed by atoms with Gasteiger partial charge in [-0.25, -0.2) is 4.79 Å². The zero-order chi connectivity index (χ0) is 19.5. The van der Waals surface area contributed by atoms with Crippen LogP contribution < -0.4 is 10.2 Å². The third kappa shape index (κ3) is 3.33. The van der Waals surface area contributed by atoms with Crippen LogP contribution in [0.15, 0.2) is 48.3 Å². The summed E-state index contributed by atoms with van der Waals surface area (Å²) in [6.07, 6.45) is 4.35. The van der Waals surface area contributed by atoms with E-state index >= 15 is 0 Å². The summed E-state index contributed by atoms with van der Waals surface area (Å²) in [4.78, 5) is 21.7. The van der Waals surface area contributed by atoms with E-state index in [9.17, 15) is 4.79 Å². The van der Waals surface area contributed by atoms with Crippen molar-refractivity contribution >= 4 is 39.7 Å². The Balaban J connectivity index is 1.69. The van der Waals surface area contributed by atoms with Gasteiger partial charge in [0.05, 0.1) is 12.3 Å². The first kappa shape index (κ1) is 17.8. The second kappa shape index (κ2) is 7.54. The minimum absolute atomic E-state index is 0.129. The molecule has 1 aromatic carbocycles. The number of carbonyl (C=O) groups is 1. The SMILES string of the molecule is CCOC(=O)C1=CCc2[nH]ccc2N1c1cccc(Nc2nc(C#N)ns2)c1. The van der Waals surface area contributed by atoms with Crippen molar-refractivity contribution in [3.8, 4) is 6.07 Å². The van der Waals surface area contributed by atoms with E-state index in [1.807, 2.05) is 53.6 Å². The summed E-state index contributed by atoms with van der Waals surface area (Å²) in [6.45, 7) is 2.10. The Morgan fingerprint density at radius 1 is 1.46 bits per heavy atom. The average Bonchev–Trinajstić information content (AvgIpc) is 3.36. The largest absolute Gasteiger partial charge is 0.461 e. The van der Waals surface area contributed by atoms with E-state index in [2.05, 4.69) is 19.7 Å². The number of nitriles is 1. The lowest BCUT2D eigenvalue weighted by atomic mass is 10.1. The van der Waals surface area contributed by atoms with Gasteiger partial charge in [-0.2, -0.15) is 14.6 Å². The number of nitrogens with zero attached hydrogens (tertiary/aromatic N) is 4. The van der Waals surface area contributed by atoms with Crippen molar-refractivity contribution < 1.29 is 9.53 Å². The van der Waals surface area contributed by atoms with Crippen LogP contribution in [0.1, 0.15) is 18.4 Å². The second-order valence-corrected chi connectivity index (χ2v) is 6.65. The van der Waals surface area contributed by atoms with Gasteiger partial charge in [-0.05, 0) is 37.3 Å². The van der Waals surface area contributed by atoms with Gasteiger partial charge in [0, 0.05) is 41.2 Å². The molecule has 0 unspecified atom stereocenters. The molecular formula is C19H16N6O2S. The van der Waals surface area contributed by atoms with Crippen molar-refractivity contribution in [2.24, 2.45) is 0 Å². The Hall–Kier alpha value is -3.64. The van der Waals surface area contributed by atoms with Crippen LogP contribution in [0, 0.1) is 11.3 Å². The van der Waals surface area contributed by atoms with Gasteiger partial charge in [0.2, 0.25) is 11.0 Å². The normalized spacial score (nSPS) is 12.7. The topological polar surface area (TPSA) is 107 Å². The van der Waals surface area contributed by atoms with E-state index in [0.717, 1.165) is 34.3 Å². The number of anilines is 4. The lowest BCUT2D eigenvalue weighted by Gasteiger charge is -2.29. The smallest absolute Gasteiger partial charge is 0.354 e. The molecular weight excluding hydrogens is 376 g/mol. The van der Waals surface area contributed by atoms with Gasteiger partial charge in [0.1, 0.15) is 11.8 Å². The molecule has 0 bridgehead atoms. The van der Waals surface area contributed by atoms with Crippen LogP contribution >= 0.6 is 11.5 Å². The summed E-state index contributed by atoms with van der Waals surface area (Å²) in [5.74, 6) is -0.236. The first-order valence-electron chi connectivity index (χ1n) is 8.64. The van der Waals surface area contributed by atoms with Crippen molar-refractivity contribution in [2.45, 2.75) is 13.3 Å². The first-order chi connectivity index (χ1) is 13.7. The van der Waals surface area contributed by atoms with Crippen LogP contribution in [-0.2, 0) is 16.0 Å². The fourth-order valence-corrected chi connectivity index (χ4v) is 3.56. The molecule has 0 saturated heterocycles. The molecule has 1 aliphatic rings. The minimum atomic E-state index is -0.365. The predicted octanol–water partition coefficient (Wildman–Crippen LogP) is 3.62. The third-order valence-corrected chi connectivity index (χ3v) is 4.79. The summed E-state index contributed by atoms with van der Waals surface area (Å²) < 4.78 is 9.19. The Kier molecular flexibility index (Phi) is 4.78. The molecule has 28 heavy (non-hydrogen) atoms. The Morgan fingerprint density at radius 3 is 3.14 bits per heavy atom. The highest BCUT2D eigenvalue weighted by atomic mass is 32.1. The fourth-order valence-electron chi connectivity index (χ4n) is 3.01. The average molecular weight is 392 g/mol. The molecule has 0 atom stereocenters. The number of aromatic amines is 1. The lowest BCUT2D eigenvalue weighted by molar-refractivity contribution is -0.138. The van der Waals surface area contributed by atoms with Gasteiger partial charge < -0.3 is 19.9 Å². The molecule has 0 amide bonds. The number of benzene rings is 1. The number of hydrogen-bond acceptors (Lipinski definition) is 8. The predicted molar refractivity (Wildman–Crippen MR) is 106 cm³/mol. The number of aromatic nitrogens is 3. The zero-order valence-electron chi connectivity index (χ0n) is 15.0. The molecule has 9 heteroatoms. The fraction of sp³-hybridized carbons (Fsp3) is 0.158. The number of allylic oxidation sites excluding steroid dienone is 1. The number of nitrogens with one attached hydrogen (secondary N) is 2. The number of fused-ring (bicyclic) bond motifs is 1. The summed E-state index contributed by atoms with van der Waals surface area (Å²) in [6, 6.07) is 11.4. The Labute approximate surface area is 165 Å². The number of ether oxygens (including phenoxy) is 1. The minimum Gasteiger partial charge on any atom is -0.461 e. The summed E-state index contributed by atoms with van der Waals surface area (Å²) >= 11 is 1.11. The van der Waals surface area contributed by atoms with E-state index in [0.29, 0.717) is 23.9 Å². The van der Waals surface area contributed by atoms with E-state index < -0.39 is 0 Å². The number of hydrogen-bond donors (Lipinski definition) is 2. The highest BCUT2D eigenvalue weighted by molar-refractivity contribution is 7.09. The van der Waals surface area contributed by atoms with Crippen molar-refractivity contribution in [2.75, 3.05) is 16.8 Å². The van der Waals surface area contributed by atoms with Crippen LogP contribution in [-0.4, -0.2) is 26.9 Å². The van der Waals surface area contributed by atoms with Gasteiger partial charge in [0.15, 0.2) is 0 Å². The quantitative estimate of drug-likeness (QED) is 0.639. The Bertz CT molecular complexity index is 1090. The van der Waals surface area contributed by atoms with E-state index in [1.165, 1.54) is 0 Å². The van der Waals surface area contributed by atoms with Crippen LogP contribution in [0.5, 0.6) is 0 Å². The van der Waals surface area contributed by atoms with Gasteiger partial charge >= 0.3 is 5.97 Å². The van der Waals surface area contributed by atoms with E-state index in [-0.39, 0.29) is 11.8 Å². The molecule has 3 aromatic rings. The van der Waals surface area contributed by atoms with Crippen molar-refractivity contribution in [3.63, 3.8) is 0 Å². The zero-order valence-corrected chi connectivity index (χ0v) is 15.8. The Morgan fingerprint density at radius 2 is 2.36 bits per heavy atom. The van der Waals surface area contributed by atoms with Crippen LogP contribution in [0.3, 0.4) is 0 Å². The van der Waals surface area contributed by atoms with E-state index in [4.69, 9.17) is 10.00 Å². The monoisotopic (exact) mass is 392 g/mol. The molecule has 0 spiro atoms. The molecule has 0 aliphatic carbocycles. The molecule has 1 aliphatic heterocycles. The molecule has 0 fully saturated rings. The van der Waals surface area contributed by atoms with Crippen LogP contribution in [0.4, 0.5) is 22.2 Å². The maximum Gasteiger partial charge on any atom is 0.354 e. The molecule has 0 saturated carbocycles. The number of rotatable bonds is 5. The molecule has 2 N–H and O–H groups in total. The molecule has 0 radical (unpaired) electrons. The molecule has 140 valence electrons. The third-order valence-electron chi connectivity index (χ3n) is 4.16. The molecule has 8 nitrogen and oxygen atoms in total. The van der Waals surface area contributed by atoms with Gasteiger partial charge in [-0.1, -0.05) is 6.07 Å². The molecule has 3 heterocycles. The standard InChI is InChI=1S/C19H16N6O2S/c1-2-27-18(26)16-7-6-14-15(8-9-21-14)25(16)13-5-3-4-12(10-13)22-19-23-17(11-20)24-28-19/h3-5,7-10,21H,2,6H2,1H3,(H,22,23,24). The maximum absolute atomic E-state index is 12.5. The molecule has 4 rings (SSSR count). The number of H-pyrrole nitrogens is 1. The van der Waals surface area contributed by atoms with Crippen molar-refractivity contribution in [3.05, 3.63) is 59.8 Å². The van der Waals surface area contributed by atoms with Gasteiger partial charge in [0.25, 0.3) is 0 Å². The van der Waals surface area contributed by atoms with Crippen LogP contribution in [0.2, 0.25) is 0 Å². The first-order valence-corrected chi connectivity index (χ1v) is 9.41. The number of esters is 1. The van der Waals surface area contributed by atoms with Crippen molar-refractivity contribution in [1.29, 1.82) is 5.26 Å². The van der Waals surface area contributed by atoms with E-state index in [1.54, 1.807) is 6.92 Å². The second-order valence-electron chi connectivity index (χ2n) is 5.90. The summed E-state index contributed by atoms with van der Waals surface area (Å²) in [5.41, 5.74) is 3.98. The highest BCUT2D eigenvalue weighted by Crippen LogP contribution is 2.37. The summed E-state index contributed by atoms with van der Waals surface area (Å²) in [7, 11) is 0. The van der Waals surface area contributed by atoms with Crippen molar-refractivity contribution in [1.82, 2.24) is 14.3 Å². The number of carbonyl (C=O) groups excluding carboxylic acids is 1. The van der Waals surface area contributed by atoms with Gasteiger partial charge in [-0.3, -0.25) is 0 Å². The maximum atomic E-state index is 12.5. The van der Waals surface area contributed by atoms with Crippen LogP contribution in [0.25, 0.3) is 0 Å². The van der Waals surface area contributed by atoms with Gasteiger partial charge in [-0.15, -0.1) is 0 Å². The summed E-state index contributed by atoms with van der Waals surface area (Å²) in [5, 5.41) is 12.5.